The molecule has 138 valence electrons. The molecule has 1 heterocycles. The van der Waals surface area contributed by atoms with E-state index in [-0.39, 0.29) is 22.8 Å². The molecule has 6 nitrogen and oxygen atoms in total. The number of likely N-dealkylation sites (tertiary alicyclic amines) is 1. The van der Waals surface area contributed by atoms with E-state index in [9.17, 15) is 13.2 Å². The van der Waals surface area contributed by atoms with E-state index in [1.165, 1.54) is 4.31 Å². The highest BCUT2D eigenvalue weighted by Crippen LogP contribution is 2.28. The van der Waals surface area contributed by atoms with E-state index >= 15 is 0 Å². The average Bonchev–Trinajstić information content (AvgIpc) is 2.53. The van der Waals surface area contributed by atoms with Crippen LogP contribution in [0.2, 0.25) is 0 Å². The first-order valence-electron chi connectivity index (χ1n) is 8.95. The second-order valence-corrected chi connectivity index (χ2v) is 9.19. The molecule has 0 unspecified atom stereocenters. The fourth-order valence-electron chi connectivity index (χ4n) is 3.35. The molecule has 0 bridgehead atoms. The smallest absolute Gasteiger partial charge is 0.243 e. The van der Waals surface area contributed by atoms with Crippen LogP contribution in [0.3, 0.4) is 0 Å². The number of carbonyl (C=O) groups is 1. The predicted molar refractivity (Wildman–Crippen MR) is 97.9 cm³/mol. The highest BCUT2D eigenvalue weighted by molar-refractivity contribution is 7.89. The van der Waals surface area contributed by atoms with E-state index in [2.05, 4.69) is 17.3 Å². The molecule has 1 N–H and O–H groups in total. The first-order valence-corrected chi connectivity index (χ1v) is 10.4. The van der Waals surface area contributed by atoms with Gasteiger partial charge in [-0.15, -0.1) is 0 Å². The van der Waals surface area contributed by atoms with E-state index in [0.29, 0.717) is 5.69 Å². The molecule has 1 aromatic rings. The summed E-state index contributed by atoms with van der Waals surface area (Å²) in [6.45, 7) is 1.83. The third-order valence-corrected chi connectivity index (χ3v) is 7.40. The fraction of sp³-hybridized carbons (Fsp3) is 0.611. The first-order chi connectivity index (χ1) is 11.9. The molecule has 25 heavy (non-hydrogen) atoms. The maximum absolute atomic E-state index is 12.8. The highest BCUT2D eigenvalue weighted by atomic mass is 32.2. The number of hydrogen-bond donors (Lipinski definition) is 1. The van der Waals surface area contributed by atoms with Crippen molar-refractivity contribution in [2.75, 3.05) is 32.5 Å². The van der Waals surface area contributed by atoms with Crippen LogP contribution in [-0.4, -0.2) is 56.8 Å². The van der Waals surface area contributed by atoms with Crippen molar-refractivity contribution in [1.29, 1.82) is 0 Å². The highest BCUT2D eigenvalue weighted by Gasteiger charge is 2.30. The van der Waals surface area contributed by atoms with Gasteiger partial charge in [0.25, 0.3) is 0 Å². The molecule has 2 aliphatic rings. The maximum atomic E-state index is 12.8. The lowest BCUT2D eigenvalue weighted by Crippen LogP contribution is -2.44. The number of anilines is 1. The number of piperidine rings is 1. The molecule has 1 aliphatic heterocycles. The predicted octanol–water partition coefficient (Wildman–Crippen LogP) is 2.14. The van der Waals surface area contributed by atoms with E-state index in [0.717, 1.165) is 45.2 Å². The Kier molecular flexibility index (Phi) is 5.46. The maximum Gasteiger partial charge on any atom is 0.243 e. The molecule has 2 fully saturated rings. The second kappa shape index (κ2) is 7.43. The van der Waals surface area contributed by atoms with Gasteiger partial charge in [-0.3, -0.25) is 4.79 Å². The fourth-order valence-corrected chi connectivity index (χ4v) is 4.76. The summed E-state index contributed by atoms with van der Waals surface area (Å²) in [5.74, 6) is 0.143. The summed E-state index contributed by atoms with van der Waals surface area (Å²) < 4.78 is 27.2. The van der Waals surface area contributed by atoms with Crippen molar-refractivity contribution in [2.24, 2.45) is 5.92 Å². The van der Waals surface area contributed by atoms with E-state index in [1.54, 1.807) is 31.3 Å². The van der Waals surface area contributed by atoms with Gasteiger partial charge >= 0.3 is 0 Å². The largest absolute Gasteiger partial charge is 0.326 e. The zero-order chi connectivity index (χ0) is 18.0. The molecule has 1 amide bonds. The Morgan fingerprint density at radius 2 is 1.72 bits per heavy atom. The summed E-state index contributed by atoms with van der Waals surface area (Å²) in [5, 5.41) is 2.87. The lowest BCUT2D eigenvalue weighted by atomic mass is 9.85. The van der Waals surface area contributed by atoms with Crippen LogP contribution in [0.5, 0.6) is 0 Å². The van der Waals surface area contributed by atoms with Crippen LogP contribution < -0.4 is 5.32 Å². The first kappa shape index (κ1) is 18.4. The summed E-state index contributed by atoms with van der Waals surface area (Å²) in [6.07, 6.45) is 4.70. The van der Waals surface area contributed by atoms with Gasteiger partial charge in [0, 0.05) is 24.7 Å². The number of hydrogen-bond acceptors (Lipinski definition) is 4. The Hall–Kier alpha value is -1.44. The summed E-state index contributed by atoms with van der Waals surface area (Å²) in [7, 11) is 0.212. The summed E-state index contributed by atoms with van der Waals surface area (Å²) in [6, 6.07) is 6.55. The van der Waals surface area contributed by atoms with Crippen molar-refractivity contribution in [3.63, 3.8) is 0 Å². The minimum absolute atomic E-state index is 0.0327. The lowest BCUT2D eigenvalue weighted by Gasteiger charge is -2.34. The summed E-state index contributed by atoms with van der Waals surface area (Å²) in [4.78, 5) is 14.5. The second-order valence-electron chi connectivity index (χ2n) is 7.20. The minimum atomic E-state index is -3.51. The van der Waals surface area contributed by atoms with Crippen molar-refractivity contribution in [1.82, 2.24) is 9.21 Å². The van der Waals surface area contributed by atoms with Gasteiger partial charge in [-0.25, -0.2) is 8.42 Å². The molecule has 7 heteroatoms. The van der Waals surface area contributed by atoms with Gasteiger partial charge in [0.2, 0.25) is 15.9 Å². The van der Waals surface area contributed by atoms with Gasteiger partial charge in [-0.1, -0.05) is 6.42 Å². The molecule has 0 atom stereocenters. The van der Waals surface area contributed by atoms with Gasteiger partial charge in [-0.05, 0) is 70.1 Å². The van der Waals surface area contributed by atoms with Crippen LogP contribution in [0.1, 0.15) is 32.1 Å². The topological polar surface area (TPSA) is 69.7 Å². The van der Waals surface area contributed by atoms with Crippen molar-refractivity contribution in [3.8, 4) is 0 Å². The summed E-state index contributed by atoms with van der Waals surface area (Å²) in [5.41, 5.74) is 0.651. The average molecular weight is 365 g/mol. The normalized spacial score (nSPS) is 20.4. The zero-order valence-electron chi connectivity index (χ0n) is 14.9. The number of benzene rings is 1. The van der Waals surface area contributed by atoms with Crippen LogP contribution in [0.25, 0.3) is 0 Å². The molecule has 0 spiro atoms. The Bertz CT molecular complexity index is 706. The van der Waals surface area contributed by atoms with Crippen molar-refractivity contribution < 1.29 is 13.2 Å². The molecule has 0 radical (unpaired) electrons. The number of sulfonamides is 1. The quantitative estimate of drug-likeness (QED) is 0.868. The number of carbonyl (C=O) groups excluding carboxylic acids is 1. The molecule has 3 rings (SSSR count). The van der Waals surface area contributed by atoms with Crippen LogP contribution in [0, 0.1) is 5.92 Å². The molecular weight excluding hydrogens is 338 g/mol. The Morgan fingerprint density at radius 1 is 1.12 bits per heavy atom. The molecule has 1 aromatic carbocycles. The van der Waals surface area contributed by atoms with Gasteiger partial charge in [0.05, 0.1) is 4.90 Å². The van der Waals surface area contributed by atoms with Gasteiger partial charge < -0.3 is 10.2 Å². The molecular formula is C18H27N3O3S. The lowest BCUT2D eigenvalue weighted by molar-refractivity contribution is -0.122. The van der Waals surface area contributed by atoms with E-state index in [4.69, 9.17) is 0 Å². The molecule has 1 saturated heterocycles. The monoisotopic (exact) mass is 365 g/mol. The van der Waals surface area contributed by atoms with Crippen molar-refractivity contribution in [3.05, 3.63) is 24.3 Å². The van der Waals surface area contributed by atoms with Gasteiger partial charge in [0.15, 0.2) is 0 Å². The minimum Gasteiger partial charge on any atom is -0.326 e. The van der Waals surface area contributed by atoms with E-state index in [1.807, 2.05) is 0 Å². The number of nitrogens with zero attached hydrogens (tertiary/aromatic N) is 2. The Labute approximate surface area is 150 Å². The van der Waals surface area contributed by atoms with Gasteiger partial charge in [-0.2, -0.15) is 4.31 Å². The Balaban J connectivity index is 1.66. The third kappa shape index (κ3) is 4.04. The van der Waals surface area contributed by atoms with E-state index < -0.39 is 10.0 Å². The van der Waals surface area contributed by atoms with Gasteiger partial charge in [0.1, 0.15) is 0 Å². The van der Waals surface area contributed by atoms with Crippen molar-refractivity contribution in [2.45, 2.75) is 43.0 Å². The van der Waals surface area contributed by atoms with Crippen LogP contribution in [0.15, 0.2) is 29.2 Å². The number of rotatable bonds is 5. The summed E-state index contributed by atoms with van der Waals surface area (Å²) >= 11 is 0. The molecule has 1 aliphatic carbocycles. The molecule has 0 aromatic heterocycles. The Morgan fingerprint density at radius 3 is 2.24 bits per heavy atom. The van der Waals surface area contributed by atoms with Crippen LogP contribution >= 0.6 is 0 Å². The number of nitrogens with one attached hydrogen (secondary N) is 1. The van der Waals surface area contributed by atoms with Crippen LogP contribution in [0.4, 0.5) is 5.69 Å². The standard InChI is InChI=1S/C18H27N3O3S/c1-20-12-10-16(11-13-20)21(2)25(23,24)17-8-6-15(7-9-17)19-18(22)14-4-3-5-14/h6-9,14,16H,3-5,10-13H2,1-2H3,(H,19,22). The SMILES string of the molecule is CN1CCC(N(C)S(=O)(=O)c2ccc(NC(=O)C3CCC3)cc2)CC1. The molecule has 1 saturated carbocycles. The third-order valence-electron chi connectivity index (χ3n) is 5.48. The van der Waals surface area contributed by atoms with Crippen LogP contribution in [-0.2, 0) is 14.8 Å². The number of amides is 1. The zero-order valence-corrected chi connectivity index (χ0v) is 15.8. The van der Waals surface area contributed by atoms with Crippen molar-refractivity contribution >= 4 is 21.6 Å².